The molecule has 0 heterocycles. The molecule has 2 rings (SSSR count). The van der Waals surface area contributed by atoms with Gasteiger partial charge in [0.05, 0.1) is 6.54 Å². The molecule has 24 heavy (non-hydrogen) atoms. The second-order valence-corrected chi connectivity index (χ2v) is 5.47. The lowest BCUT2D eigenvalue weighted by Crippen LogP contribution is -2.41. The smallest absolute Gasteiger partial charge is 0.223 e. The van der Waals surface area contributed by atoms with Gasteiger partial charge in [-0.05, 0) is 37.5 Å². The van der Waals surface area contributed by atoms with E-state index in [4.69, 9.17) is 5.11 Å². The number of benzene rings is 1. The fourth-order valence-electron chi connectivity index (χ4n) is 2.02. The third-order valence-corrected chi connectivity index (χ3v) is 3.44. The van der Waals surface area contributed by atoms with Crippen LogP contribution < -0.4 is 16.0 Å². The molecule has 134 valence electrons. The third kappa shape index (κ3) is 6.90. The van der Waals surface area contributed by atoms with Crippen LogP contribution in [-0.4, -0.2) is 36.6 Å². The van der Waals surface area contributed by atoms with E-state index in [0.717, 1.165) is 12.8 Å². The Balaban J connectivity index is 0.00000288. The molecule has 1 aliphatic carbocycles. The molecule has 1 amide bonds. The number of nitrogens with zero attached hydrogens (tertiary/aromatic N) is 1. The van der Waals surface area contributed by atoms with Crippen LogP contribution in [0.4, 0.5) is 4.39 Å². The van der Waals surface area contributed by atoms with Gasteiger partial charge in [0.1, 0.15) is 0 Å². The van der Waals surface area contributed by atoms with Crippen LogP contribution in [0.1, 0.15) is 25.3 Å². The van der Waals surface area contributed by atoms with Crippen molar-refractivity contribution in [3.05, 3.63) is 29.6 Å². The minimum absolute atomic E-state index is 0. The Kier molecular flexibility index (Phi) is 8.80. The summed E-state index contributed by atoms with van der Waals surface area (Å²) in [6.45, 7) is 4.04. The van der Waals surface area contributed by atoms with E-state index >= 15 is 0 Å². The number of halogens is 2. The van der Waals surface area contributed by atoms with Crippen LogP contribution in [0.25, 0.3) is 0 Å². The van der Waals surface area contributed by atoms with E-state index in [0.29, 0.717) is 37.7 Å². The molecule has 1 saturated carbocycles. The van der Waals surface area contributed by atoms with Crippen molar-refractivity contribution in [3.8, 4) is 5.75 Å². The highest BCUT2D eigenvalue weighted by Gasteiger charge is 2.28. The molecule has 0 radical (unpaired) electrons. The number of phenolic OH excluding ortho intramolecular Hbond substituents is 1. The maximum Gasteiger partial charge on any atom is 0.223 e. The van der Waals surface area contributed by atoms with Gasteiger partial charge in [-0.15, -0.1) is 24.0 Å². The summed E-state index contributed by atoms with van der Waals surface area (Å²) >= 11 is 0. The van der Waals surface area contributed by atoms with E-state index in [-0.39, 0.29) is 41.6 Å². The molecule has 0 aliphatic heterocycles. The Bertz CT molecular complexity index is 579. The van der Waals surface area contributed by atoms with Gasteiger partial charge in [0, 0.05) is 25.6 Å². The van der Waals surface area contributed by atoms with Crippen LogP contribution in [-0.2, 0) is 11.3 Å². The molecule has 1 fully saturated rings. The standard InChI is InChI=1S/C16H23FN4O2.HI/c1-2-18-16(20-8-7-19-15(23)12-4-5-12)21-10-11-3-6-14(22)13(17)9-11;/h3,6,9,12,22H,2,4-5,7-8,10H2,1H3,(H,19,23)(H2,18,20,21);1H. The minimum Gasteiger partial charge on any atom is -0.505 e. The molecule has 0 unspecified atom stereocenters. The number of hydrogen-bond acceptors (Lipinski definition) is 3. The second kappa shape index (κ2) is 10.3. The largest absolute Gasteiger partial charge is 0.505 e. The molecule has 0 aromatic heterocycles. The van der Waals surface area contributed by atoms with Crippen molar-refractivity contribution < 1.29 is 14.3 Å². The van der Waals surface area contributed by atoms with E-state index in [1.165, 1.54) is 12.1 Å². The second-order valence-electron chi connectivity index (χ2n) is 5.47. The highest BCUT2D eigenvalue weighted by Crippen LogP contribution is 2.28. The number of aromatic hydroxyl groups is 1. The predicted octanol–water partition coefficient (Wildman–Crippen LogP) is 1.73. The van der Waals surface area contributed by atoms with E-state index in [2.05, 4.69) is 20.9 Å². The van der Waals surface area contributed by atoms with Crippen molar-refractivity contribution in [2.24, 2.45) is 10.9 Å². The zero-order chi connectivity index (χ0) is 16.7. The third-order valence-electron chi connectivity index (χ3n) is 3.44. The molecule has 1 aromatic rings. The minimum atomic E-state index is -0.654. The van der Waals surface area contributed by atoms with Crippen molar-refractivity contribution in [1.82, 2.24) is 16.0 Å². The lowest BCUT2D eigenvalue weighted by molar-refractivity contribution is -0.122. The SMILES string of the molecule is CCNC(=NCc1ccc(O)c(F)c1)NCCNC(=O)C1CC1.I. The fraction of sp³-hybridized carbons (Fsp3) is 0.500. The Morgan fingerprint density at radius 1 is 1.29 bits per heavy atom. The van der Waals surface area contributed by atoms with E-state index in [9.17, 15) is 9.18 Å². The van der Waals surface area contributed by atoms with E-state index in [1.807, 2.05) is 6.92 Å². The first-order chi connectivity index (χ1) is 11.1. The lowest BCUT2D eigenvalue weighted by Gasteiger charge is -2.12. The summed E-state index contributed by atoms with van der Waals surface area (Å²) < 4.78 is 13.3. The fourth-order valence-corrected chi connectivity index (χ4v) is 2.02. The van der Waals surface area contributed by atoms with Gasteiger partial charge in [0.25, 0.3) is 0 Å². The highest BCUT2D eigenvalue weighted by molar-refractivity contribution is 14.0. The van der Waals surface area contributed by atoms with Crippen LogP contribution in [0.3, 0.4) is 0 Å². The average Bonchev–Trinajstić information content (AvgIpc) is 3.37. The highest BCUT2D eigenvalue weighted by atomic mass is 127. The van der Waals surface area contributed by atoms with Crippen molar-refractivity contribution in [3.63, 3.8) is 0 Å². The Morgan fingerprint density at radius 3 is 2.62 bits per heavy atom. The molecule has 0 saturated heterocycles. The summed E-state index contributed by atoms with van der Waals surface area (Å²) in [5, 5.41) is 18.2. The Labute approximate surface area is 158 Å². The van der Waals surface area contributed by atoms with Crippen molar-refractivity contribution >= 4 is 35.8 Å². The van der Waals surface area contributed by atoms with E-state index in [1.54, 1.807) is 6.07 Å². The topological polar surface area (TPSA) is 85.8 Å². The number of rotatable bonds is 7. The number of aliphatic imine (C=N–C) groups is 1. The molecular weight excluding hydrogens is 426 g/mol. The molecule has 6 nitrogen and oxygen atoms in total. The monoisotopic (exact) mass is 450 g/mol. The summed E-state index contributed by atoms with van der Waals surface area (Å²) in [4.78, 5) is 15.9. The van der Waals surface area contributed by atoms with Crippen LogP contribution >= 0.6 is 24.0 Å². The summed E-state index contributed by atoms with van der Waals surface area (Å²) in [6.07, 6.45) is 1.99. The first-order valence-corrected chi connectivity index (χ1v) is 7.87. The number of guanidine groups is 1. The molecule has 1 aromatic carbocycles. The van der Waals surface area contributed by atoms with Crippen LogP contribution in [0.15, 0.2) is 23.2 Å². The summed E-state index contributed by atoms with van der Waals surface area (Å²) in [7, 11) is 0. The molecule has 0 bridgehead atoms. The van der Waals surface area contributed by atoms with Gasteiger partial charge in [-0.3, -0.25) is 4.79 Å². The number of hydrogen-bond donors (Lipinski definition) is 4. The normalized spacial score (nSPS) is 13.8. The average molecular weight is 450 g/mol. The number of carbonyl (C=O) groups excluding carboxylic acids is 1. The molecular formula is C16H24FIN4O2. The van der Waals surface area contributed by atoms with Crippen molar-refractivity contribution in [2.75, 3.05) is 19.6 Å². The summed E-state index contributed by atoms with van der Waals surface area (Å²) in [5.41, 5.74) is 0.666. The van der Waals surface area contributed by atoms with Crippen molar-refractivity contribution in [1.29, 1.82) is 0 Å². The van der Waals surface area contributed by atoms with Crippen LogP contribution in [0.5, 0.6) is 5.75 Å². The summed E-state index contributed by atoms with van der Waals surface area (Å²) in [5.74, 6) is -0.0936. The van der Waals surface area contributed by atoms with Crippen molar-refractivity contribution in [2.45, 2.75) is 26.3 Å². The number of carbonyl (C=O) groups is 1. The molecule has 8 heteroatoms. The van der Waals surface area contributed by atoms with Gasteiger partial charge in [0.2, 0.25) is 5.91 Å². The number of phenols is 1. The Morgan fingerprint density at radius 2 is 2.00 bits per heavy atom. The Hall–Kier alpha value is -1.58. The zero-order valence-corrected chi connectivity index (χ0v) is 16.0. The number of amides is 1. The van der Waals surface area contributed by atoms with Gasteiger partial charge < -0.3 is 21.1 Å². The maximum atomic E-state index is 13.3. The van der Waals surface area contributed by atoms with Gasteiger partial charge in [-0.2, -0.15) is 0 Å². The predicted molar refractivity (Wildman–Crippen MR) is 102 cm³/mol. The van der Waals surface area contributed by atoms with E-state index < -0.39 is 5.82 Å². The molecule has 0 atom stereocenters. The zero-order valence-electron chi connectivity index (χ0n) is 13.6. The van der Waals surface area contributed by atoms with Crippen LogP contribution in [0.2, 0.25) is 0 Å². The first-order valence-electron chi connectivity index (χ1n) is 7.87. The molecule has 0 spiro atoms. The maximum absolute atomic E-state index is 13.3. The van der Waals surface area contributed by atoms with Crippen LogP contribution in [0, 0.1) is 11.7 Å². The molecule has 4 N–H and O–H groups in total. The number of nitrogens with one attached hydrogen (secondary N) is 3. The lowest BCUT2D eigenvalue weighted by atomic mass is 10.2. The van der Waals surface area contributed by atoms with Gasteiger partial charge in [-0.1, -0.05) is 6.07 Å². The summed E-state index contributed by atoms with van der Waals surface area (Å²) in [6, 6.07) is 4.20. The van der Waals surface area contributed by atoms with Gasteiger partial charge in [-0.25, -0.2) is 9.38 Å². The first kappa shape index (κ1) is 20.5. The quantitative estimate of drug-likeness (QED) is 0.221. The van der Waals surface area contributed by atoms with Gasteiger partial charge >= 0.3 is 0 Å². The molecule has 1 aliphatic rings. The van der Waals surface area contributed by atoms with Gasteiger partial charge in [0.15, 0.2) is 17.5 Å².